The molecule has 1 aromatic carbocycles. The molecule has 0 N–H and O–H groups in total. The number of para-hydroxylation sites is 1. The molecule has 1 aliphatic rings. The number of rotatable bonds is 7. The Balaban J connectivity index is 1.62. The molecule has 5 nitrogen and oxygen atoms in total. The number of nitrogens with zero attached hydrogens (tertiary/aromatic N) is 2. The number of carbonyl (C=O) groups is 1. The first-order valence-electron chi connectivity index (χ1n) is 9.51. The Kier molecular flexibility index (Phi) is 5.94. The molecule has 1 saturated heterocycles. The number of fused-ring (bicyclic) bond motifs is 1. The van der Waals surface area contributed by atoms with Gasteiger partial charge in [0.05, 0.1) is 34.2 Å². The van der Waals surface area contributed by atoms with Gasteiger partial charge in [0, 0.05) is 11.5 Å². The second-order valence-corrected chi connectivity index (χ2v) is 8.90. The van der Waals surface area contributed by atoms with Crippen molar-refractivity contribution in [1.82, 2.24) is 9.55 Å². The standard InChI is InChI=1S/C21H22N2O3S2/c1-2-15-9-10-19(28-15)18(24)13-27-21-22-17-8-4-3-7-16(17)20(25)23(21)12-14-6-5-11-26-14/h3-4,7-10,14H,2,5-6,11-13H2,1H3. The summed E-state index contributed by atoms with van der Waals surface area (Å²) in [6.45, 7) is 3.29. The van der Waals surface area contributed by atoms with E-state index in [-0.39, 0.29) is 23.2 Å². The molecule has 0 amide bonds. The second kappa shape index (κ2) is 8.59. The molecule has 0 saturated carbocycles. The monoisotopic (exact) mass is 414 g/mol. The maximum Gasteiger partial charge on any atom is 0.262 e. The molecule has 146 valence electrons. The van der Waals surface area contributed by atoms with Crippen LogP contribution < -0.4 is 5.56 Å². The molecule has 0 radical (unpaired) electrons. The molecule has 4 rings (SSSR count). The number of thiophene rings is 1. The maximum absolute atomic E-state index is 13.1. The van der Waals surface area contributed by atoms with Gasteiger partial charge in [-0.2, -0.15) is 0 Å². The van der Waals surface area contributed by atoms with E-state index in [2.05, 4.69) is 11.9 Å². The largest absolute Gasteiger partial charge is 0.376 e. The van der Waals surface area contributed by atoms with Crippen LogP contribution in [0.5, 0.6) is 0 Å². The molecular weight excluding hydrogens is 392 g/mol. The fourth-order valence-corrected chi connectivity index (χ4v) is 5.20. The Morgan fingerprint density at radius 3 is 2.93 bits per heavy atom. The number of aryl methyl sites for hydroxylation is 1. The molecule has 2 aromatic heterocycles. The lowest BCUT2D eigenvalue weighted by molar-refractivity contribution is 0.0937. The molecule has 1 atom stereocenters. The summed E-state index contributed by atoms with van der Waals surface area (Å²) in [4.78, 5) is 32.3. The average molecular weight is 415 g/mol. The van der Waals surface area contributed by atoms with Gasteiger partial charge < -0.3 is 4.74 Å². The predicted molar refractivity (Wildman–Crippen MR) is 114 cm³/mol. The Labute approximate surface area is 171 Å². The first-order chi connectivity index (χ1) is 13.7. The van der Waals surface area contributed by atoms with E-state index in [0.29, 0.717) is 22.6 Å². The number of carbonyl (C=O) groups excluding carboxylic acids is 1. The van der Waals surface area contributed by atoms with Crippen molar-refractivity contribution in [2.45, 2.75) is 44.0 Å². The lowest BCUT2D eigenvalue weighted by Crippen LogP contribution is -2.29. The van der Waals surface area contributed by atoms with Crippen molar-refractivity contribution in [2.75, 3.05) is 12.4 Å². The van der Waals surface area contributed by atoms with Gasteiger partial charge in [-0.25, -0.2) is 4.98 Å². The predicted octanol–water partition coefficient (Wildman–Crippen LogP) is 4.17. The summed E-state index contributed by atoms with van der Waals surface area (Å²) < 4.78 is 7.41. The van der Waals surface area contributed by atoms with Crippen molar-refractivity contribution < 1.29 is 9.53 Å². The van der Waals surface area contributed by atoms with Crippen LogP contribution in [0.4, 0.5) is 0 Å². The van der Waals surface area contributed by atoms with Gasteiger partial charge in [-0.05, 0) is 43.5 Å². The highest BCUT2D eigenvalue weighted by molar-refractivity contribution is 7.99. The molecule has 1 unspecified atom stereocenters. The van der Waals surface area contributed by atoms with Gasteiger partial charge in [0.25, 0.3) is 5.56 Å². The van der Waals surface area contributed by atoms with E-state index < -0.39 is 0 Å². The highest BCUT2D eigenvalue weighted by Gasteiger charge is 2.21. The van der Waals surface area contributed by atoms with Crippen LogP contribution in [-0.2, 0) is 17.7 Å². The van der Waals surface area contributed by atoms with Crippen molar-refractivity contribution in [3.63, 3.8) is 0 Å². The van der Waals surface area contributed by atoms with E-state index in [1.54, 1.807) is 22.0 Å². The van der Waals surface area contributed by atoms with Crippen molar-refractivity contribution >= 4 is 39.8 Å². The van der Waals surface area contributed by atoms with Crippen molar-refractivity contribution in [3.8, 4) is 0 Å². The minimum atomic E-state index is -0.0690. The number of thioether (sulfide) groups is 1. The van der Waals surface area contributed by atoms with Crippen LogP contribution in [0, 0.1) is 0 Å². The van der Waals surface area contributed by atoms with E-state index in [0.717, 1.165) is 30.7 Å². The molecule has 0 spiro atoms. The molecule has 28 heavy (non-hydrogen) atoms. The van der Waals surface area contributed by atoms with E-state index >= 15 is 0 Å². The topological polar surface area (TPSA) is 61.2 Å². The third-order valence-corrected chi connectivity index (χ3v) is 7.10. The summed E-state index contributed by atoms with van der Waals surface area (Å²) in [7, 11) is 0. The summed E-state index contributed by atoms with van der Waals surface area (Å²) >= 11 is 2.87. The lowest BCUT2D eigenvalue weighted by atomic mass is 10.2. The first-order valence-corrected chi connectivity index (χ1v) is 11.3. The van der Waals surface area contributed by atoms with Gasteiger partial charge in [-0.1, -0.05) is 30.8 Å². The van der Waals surface area contributed by atoms with E-state index in [4.69, 9.17) is 4.74 Å². The Hall–Kier alpha value is -1.96. The van der Waals surface area contributed by atoms with Crippen molar-refractivity contribution in [3.05, 3.63) is 56.5 Å². The smallest absolute Gasteiger partial charge is 0.262 e. The zero-order chi connectivity index (χ0) is 19.5. The number of aromatic nitrogens is 2. The number of Topliss-reactive ketones (excluding diaryl/α,β-unsaturated/α-hetero) is 1. The van der Waals surface area contributed by atoms with Gasteiger partial charge in [0.1, 0.15) is 0 Å². The summed E-state index contributed by atoms with van der Waals surface area (Å²) in [5.41, 5.74) is 0.593. The minimum Gasteiger partial charge on any atom is -0.376 e. The third-order valence-electron chi connectivity index (χ3n) is 4.85. The number of ketones is 1. The zero-order valence-corrected chi connectivity index (χ0v) is 17.4. The summed E-state index contributed by atoms with van der Waals surface area (Å²) in [5, 5.41) is 1.18. The van der Waals surface area contributed by atoms with Crippen molar-refractivity contribution in [1.29, 1.82) is 0 Å². The van der Waals surface area contributed by atoms with Crippen LogP contribution in [0.25, 0.3) is 10.9 Å². The molecule has 0 aliphatic carbocycles. The van der Waals surface area contributed by atoms with Crippen LogP contribution in [0.3, 0.4) is 0 Å². The molecule has 1 aliphatic heterocycles. The zero-order valence-electron chi connectivity index (χ0n) is 15.7. The summed E-state index contributed by atoms with van der Waals surface area (Å²) in [6, 6.07) is 11.3. The Morgan fingerprint density at radius 2 is 2.18 bits per heavy atom. The number of hydrogen-bond donors (Lipinski definition) is 0. The quantitative estimate of drug-likeness (QED) is 0.330. The number of benzene rings is 1. The highest BCUT2D eigenvalue weighted by Crippen LogP contribution is 2.24. The summed E-state index contributed by atoms with van der Waals surface area (Å²) in [5.74, 6) is 0.334. The first kappa shape index (κ1) is 19.4. The van der Waals surface area contributed by atoms with Gasteiger partial charge in [0.15, 0.2) is 10.9 Å². The third kappa shape index (κ3) is 4.06. The van der Waals surface area contributed by atoms with Crippen molar-refractivity contribution in [2.24, 2.45) is 0 Å². The molecule has 7 heteroatoms. The average Bonchev–Trinajstić information content (AvgIpc) is 3.40. The van der Waals surface area contributed by atoms with E-state index in [9.17, 15) is 9.59 Å². The maximum atomic E-state index is 13.1. The molecule has 1 fully saturated rings. The SMILES string of the molecule is CCc1ccc(C(=O)CSc2nc3ccccc3c(=O)n2CC2CCCO2)s1. The molecule has 3 heterocycles. The fraction of sp³-hybridized carbons (Fsp3) is 0.381. The van der Waals surface area contributed by atoms with Gasteiger partial charge in [0.2, 0.25) is 0 Å². The van der Waals surface area contributed by atoms with Gasteiger partial charge in [-0.3, -0.25) is 14.2 Å². The van der Waals surface area contributed by atoms with Crippen LogP contribution in [-0.4, -0.2) is 33.8 Å². The van der Waals surface area contributed by atoms with Gasteiger partial charge in [-0.15, -0.1) is 11.3 Å². The number of ether oxygens (including phenoxy) is 1. The normalized spacial score (nSPS) is 16.7. The Morgan fingerprint density at radius 1 is 1.32 bits per heavy atom. The van der Waals surface area contributed by atoms with Crippen LogP contribution in [0.2, 0.25) is 0 Å². The fourth-order valence-electron chi connectivity index (χ4n) is 3.33. The molecule has 3 aromatic rings. The minimum absolute atomic E-state index is 0.0279. The molecule has 0 bridgehead atoms. The highest BCUT2D eigenvalue weighted by atomic mass is 32.2. The van der Waals surface area contributed by atoms with Crippen LogP contribution in [0.1, 0.15) is 34.3 Å². The van der Waals surface area contributed by atoms with E-state index in [1.165, 1.54) is 16.6 Å². The molecular formula is C21H22N2O3S2. The summed E-state index contributed by atoms with van der Waals surface area (Å²) in [6.07, 6.45) is 2.91. The van der Waals surface area contributed by atoms with Crippen LogP contribution >= 0.6 is 23.1 Å². The number of hydrogen-bond acceptors (Lipinski definition) is 6. The second-order valence-electron chi connectivity index (χ2n) is 6.79. The Bertz CT molecular complexity index is 1050. The van der Waals surface area contributed by atoms with Gasteiger partial charge >= 0.3 is 0 Å². The lowest BCUT2D eigenvalue weighted by Gasteiger charge is -2.16. The van der Waals surface area contributed by atoms with E-state index in [1.807, 2.05) is 30.3 Å². The van der Waals surface area contributed by atoms with Crippen LogP contribution in [0.15, 0.2) is 46.3 Å².